The van der Waals surface area contributed by atoms with Crippen molar-refractivity contribution in [3.05, 3.63) is 47.5 Å². The quantitative estimate of drug-likeness (QED) is 0.749. The summed E-state index contributed by atoms with van der Waals surface area (Å²) < 4.78 is 16.8. The number of benzene rings is 2. The van der Waals surface area contributed by atoms with Crippen LogP contribution in [0.25, 0.3) is 0 Å². The third-order valence-electron chi connectivity index (χ3n) is 4.58. The average Bonchev–Trinajstić information content (AvgIpc) is 2.62. The lowest BCUT2D eigenvalue weighted by molar-refractivity contribution is 0.0696. The number of ether oxygens (including phenoxy) is 3. The molecule has 1 unspecified atom stereocenters. The fraction of sp³-hybridized carbons (Fsp3) is 0.381. The van der Waals surface area contributed by atoms with E-state index in [0.717, 1.165) is 29.2 Å². The van der Waals surface area contributed by atoms with E-state index < -0.39 is 0 Å². The summed E-state index contributed by atoms with van der Waals surface area (Å²) in [5, 5.41) is 7.21. The van der Waals surface area contributed by atoms with E-state index in [0.29, 0.717) is 10.9 Å². The van der Waals surface area contributed by atoms with Gasteiger partial charge in [-0.1, -0.05) is 17.7 Å². The van der Waals surface area contributed by atoms with E-state index in [2.05, 4.69) is 43.5 Å². The van der Waals surface area contributed by atoms with Crippen LogP contribution in [-0.2, 0) is 0 Å². The zero-order valence-corrected chi connectivity index (χ0v) is 17.2. The summed E-state index contributed by atoms with van der Waals surface area (Å²) in [6.07, 6.45) is 0.811. The SMILES string of the molecule is COc1ccc(NC(=S)NC2CC(C)(C)Oc3ccc(C)cc32)c(OC)c1. The molecule has 0 saturated carbocycles. The number of methoxy groups -OCH3 is 2. The third kappa shape index (κ3) is 4.45. The highest BCUT2D eigenvalue weighted by Crippen LogP contribution is 2.40. The normalized spacial score (nSPS) is 17.3. The smallest absolute Gasteiger partial charge is 0.171 e. The van der Waals surface area contributed by atoms with Crippen molar-refractivity contribution < 1.29 is 14.2 Å². The van der Waals surface area contributed by atoms with E-state index in [1.54, 1.807) is 14.2 Å². The molecule has 27 heavy (non-hydrogen) atoms. The first-order valence-corrected chi connectivity index (χ1v) is 9.31. The van der Waals surface area contributed by atoms with Crippen LogP contribution in [0.3, 0.4) is 0 Å². The van der Waals surface area contributed by atoms with Crippen LogP contribution in [-0.4, -0.2) is 24.9 Å². The molecular formula is C21H26N2O3S. The van der Waals surface area contributed by atoms with Crippen LogP contribution in [0, 0.1) is 6.92 Å². The summed E-state index contributed by atoms with van der Waals surface area (Å²) in [7, 11) is 3.25. The number of nitrogens with one attached hydrogen (secondary N) is 2. The number of rotatable bonds is 4. The van der Waals surface area contributed by atoms with Gasteiger partial charge in [-0.25, -0.2) is 0 Å². The molecule has 1 heterocycles. The highest BCUT2D eigenvalue weighted by Gasteiger charge is 2.34. The van der Waals surface area contributed by atoms with Crippen molar-refractivity contribution in [2.24, 2.45) is 0 Å². The van der Waals surface area contributed by atoms with E-state index in [1.165, 1.54) is 5.56 Å². The third-order valence-corrected chi connectivity index (χ3v) is 4.80. The maximum atomic E-state index is 6.13. The topological polar surface area (TPSA) is 51.8 Å². The van der Waals surface area contributed by atoms with Crippen LogP contribution < -0.4 is 24.8 Å². The van der Waals surface area contributed by atoms with Crippen molar-refractivity contribution in [3.8, 4) is 17.2 Å². The molecule has 2 N–H and O–H groups in total. The molecule has 0 saturated heterocycles. The summed E-state index contributed by atoms with van der Waals surface area (Å²) in [5.41, 5.74) is 2.83. The second kappa shape index (κ2) is 7.64. The Balaban J connectivity index is 1.79. The first-order chi connectivity index (χ1) is 12.8. The van der Waals surface area contributed by atoms with Crippen molar-refractivity contribution >= 4 is 23.0 Å². The fourth-order valence-corrected chi connectivity index (χ4v) is 3.57. The monoisotopic (exact) mass is 386 g/mol. The van der Waals surface area contributed by atoms with E-state index >= 15 is 0 Å². The molecule has 6 heteroatoms. The Bertz CT molecular complexity index is 851. The molecule has 0 bridgehead atoms. The Morgan fingerprint density at radius 1 is 1.15 bits per heavy atom. The Morgan fingerprint density at radius 3 is 2.63 bits per heavy atom. The van der Waals surface area contributed by atoms with Gasteiger partial charge in [-0.2, -0.15) is 0 Å². The van der Waals surface area contributed by atoms with Gasteiger partial charge >= 0.3 is 0 Å². The Hall–Kier alpha value is -2.47. The number of fused-ring (bicyclic) bond motifs is 1. The highest BCUT2D eigenvalue weighted by atomic mass is 32.1. The predicted molar refractivity (Wildman–Crippen MR) is 112 cm³/mol. The molecular weight excluding hydrogens is 360 g/mol. The summed E-state index contributed by atoms with van der Waals surface area (Å²) in [4.78, 5) is 0. The van der Waals surface area contributed by atoms with Gasteiger partial charge in [0.2, 0.25) is 0 Å². The molecule has 2 aromatic rings. The van der Waals surface area contributed by atoms with Gasteiger partial charge in [0.25, 0.3) is 0 Å². The van der Waals surface area contributed by atoms with Gasteiger partial charge in [0.15, 0.2) is 5.11 Å². The number of aryl methyl sites for hydroxylation is 1. The Kier molecular flexibility index (Phi) is 5.46. The molecule has 1 aliphatic heterocycles. The molecule has 1 aliphatic rings. The fourth-order valence-electron chi connectivity index (χ4n) is 3.32. The van der Waals surface area contributed by atoms with Crippen LogP contribution in [0.15, 0.2) is 36.4 Å². The lowest BCUT2D eigenvalue weighted by atomic mass is 9.89. The summed E-state index contributed by atoms with van der Waals surface area (Å²) in [5.74, 6) is 2.30. The molecule has 0 aliphatic carbocycles. The van der Waals surface area contributed by atoms with Crippen molar-refractivity contribution in [1.29, 1.82) is 0 Å². The van der Waals surface area contributed by atoms with E-state index in [-0.39, 0.29) is 11.6 Å². The van der Waals surface area contributed by atoms with E-state index in [1.807, 2.05) is 24.3 Å². The van der Waals surface area contributed by atoms with Crippen molar-refractivity contribution in [3.63, 3.8) is 0 Å². The molecule has 0 radical (unpaired) electrons. The predicted octanol–water partition coefficient (Wildman–Crippen LogP) is 4.60. The van der Waals surface area contributed by atoms with Crippen LogP contribution in [0.1, 0.15) is 37.4 Å². The van der Waals surface area contributed by atoms with Crippen LogP contribution in [0.2, 0.25) is 0 Å². The molecule has 0 aromatic heterocycles. The molecule has 0 spiro atoms. The number of hydrogen-bond donors (Lipinski definition) is 2. The molecule has 144 valence electrons. The minimum Gasteiger partial charge on any atom is -0.497 e. The molecule has 2 aromatic carbocycles. The van der Waals surface area contributed by atoms with Crippen LogP contribution in [0.5, 0.6) is 17.2 Å². The summed E-state index contributed by atoms with van der Waals surface area (Å²) in [6, 6.07) is 11.9. The minimum atomic E-state index is -0.270. The zero-order chi connectivity index (χ0) is 19.6. The zero-order valence-electron chi connectivity index (χ0n) is 16.4. The van der Waals surface area contributed by atoms with E-state index in [9.17, 15) is 0 Å². The Morgan fingerprint density at radius 2 is 1.93 bits per heavy atom. The van der Waals surface area contributed by atoms with Gasteiger partial charge < -0.3 is 24.8 Å². The highest BCUT2D eigenvalue weighted by molar-refractivity contribution is 7.80. The maximum absolute atomic E-state index is 6.13. The number of anilines is 1. The first-order valence-electron chi connectivity index (χ1n) is 8.90. The first kappa shape index (κ1) is 19.3. The molecule has 5 nitrogen and oxygen atoms in total. The van der Waals surface area contributed by atoms with Gasteiger partial charge in [0, 0.05) is 18.1 Å². The van der Waals surface area contributed by atoms with Gasteiger partial charge in [0.05, 0.1) is 25.9 Å². The lowest BCUT2D eigenvalue weighted by Gasteiger charge is -2.38. The number of hydrogen-bond acceptors (Lipinski definition) is 4. The van der Waals surface area contributed by atoms with Crippen molar-refractivity contribution in [1.82, 2.24) is 5.32 Å². The largest absolute Gasteiger partial charge is 0.497 e. The average molecular weight is 387 g/mol. The second-order valence-corrected chi connectivity index (χ2v) is 7.73. The lowest BCUT2D eigenvalue weighted by Crippen LogP contribution is -2.42. The van der Waals surface area contributed by atoms with E-state index in [4.69, 9.17) is 26.4 Å². The summed E-state index contributed by atoms with van der Waals surface area (Å²) >= 11 is 5.57. The maximum Gasteiger partial charge on any atom is 0.171 e. The number of thiocarbonyl (C=S) groups is 1. The van der Waals surface area contributed by atoms with Gasteiger partial charge in [-0.05, 0) is 51.2 Å². The Labute approximate surface area is 166 Å². The second-order valence-electron chi connectivity index (χ2n) is 7.32. The molecule has 3 rings (SSSR count). The molecule has 1 atom stereocenters. The minimum absolute atomic E-state index is 0.0629. The van der Waals surface area contributed by atoms with Crippen LogP contribution in [0.4, 0.5) is 5.69 Å². The van der Waals surface area contributed by atoms with Crippen LogP contribution >= 0.6 is 12.2 Å². The van der Waals surface area contributed by atoms with Gasteiger partial charge in [-0.15, -0.1) is 0 Å². The standard InChI is InChI=1S/C21H26N2O3S/c1-13-6-9-18-15(10-13)17(12-21(2,3)26-18)23-20(27)22-16-8-7-14(24-4)11-19(16)25-5/h6-11,17H,12H2,1-5H3,(H2,22,23,27). The van der Waals surface area contributed by atoms with Gasteiger partial charge in [0.1, 0.15) is 22.8 Å². The van der Waals surface area contributed by atoms with Crippen molar-refractivity contribution in [2.75, 3.05) is 19.5 Å². The van der Waals surface area contributed by atoms with Gasteiger partial charge in [-0.3, -0.25) is 0 Å². The summed E-state index contributed by atoms with van der Waals surface area (Å²) in [6.45, 7) is 6.26. The molecule has 0 fully saturated rings. The molecule has 0 amide bonds. The van der Waals surface area contributed by atoms with Crippen molar-refractivity contribution in [2.45, 2.75) is 38.8 Å².